The first-order chi connectivity index (χ1) is 13.2. The normalized spacial score (nSPS) is 26.6. The van der Waals surface area contributed by atoms with E-state index in [1.165, 1.54) is 19.3 Å². The Balaban J connectivity index is 1.36. The Morgan fingerprint density at radius 2 is 1.81 bits per heavy atom. The molecule has 1 aromatic carbocycles. The molecule has 3 aliphatic rings. The third kappa shape index (κ3) is 3.83. The van der Waals surface area contributed by atoms with Crippen LogP contribution in [0.25, 0.3) is 0 Å². The summed E-state index contributed by atoms with van der Waals surface area (Å²) in [6.07, 6.45) is 8.85. The average Bonchev–Trinajstić information content (AvgIpc) is 3.15. The van der Waals surface area contributed by atoms with E-state index in [-0.39, 0.29) is 17.9 Å². The first-order valence-electron chi connectivity index (χ1n) is 10.4. The number of carbonyl (C=O) groups is 2. The summed E-state index contributed by atoms with van der Waals surface area (Å²) < 4.78 is 5.61. The second-order valence-electron chi connectivity index (χ2n) is 8.34. The Hall–Kier alpha value is -2.04. The lowest BCUT2D eigenvalue weighted by Gasteiger charge is -2.44. The Kier molecular flexibility index (Phi) is 5.37. The van der Waals surface area contributed by atoms with E-state index in [4.69, 9.17) is 4.74 Å². The number of benzene rings is 1. The first-order valence-corrected chi connectivity index (χ1v) is 10.4. The maximum atomic E-state index is 13.4. The van der Waals surface area contributed by atoms with Gasteiger partial charge in [-0.2, -0.15) is 0 Å². The summed E-state index contributed by atoms with van der Waals surface area (Å²) in [4.78, 5) is 30.0. The molecule has 0 unspecified atom stereocenters. The fourth-order valence-corrected chi connectivity index (χ4v) is 5.06. The number of para-hydroxylation sites is 1. The molecule has 0 N–H and O–H groups in total. The number of rotatable bonds is 4. The topological polar surface area (TPSA) is 49.9 Å². The molecule has 0 bridgehead atoms. The van der Waals surface area contributed by atoms with Crippen LogP contribution in [0.1, 0.15) is 51.4 Å². The second kappa shape index (κ2) is 7.91. The Labute approximate surface area is 161 Å². The van der Waals surface area contributed by atoms with Crippen molar-refractivity contribution in [3.05, 3.63) is 30.3 Å². The van der Waals surface area contributed by atoms with E-state index in [0.717, 1.165) is 38.6 Å². The first kappa shape index (κ1) is 18.3. The summed E-state index contributed by atoms with van der Waals surface area (Å²) in [6.45, 7) is 2.17. The van der Waals surface area contributed by atoms with Gasteiger partial charge in [0.2, 0.25) is 5.91 Å². The Morgan fingerprint density at radius 1 is 1.04 bits per heavy atom. The molecule has 2 aliphatic heterocycles. The lowest BCUT2D eigenvalue weighted by Crippen LogP contribution is -2.54. The molecule has 1 aromatic rings. The third-order valence-electron chi connectivity index (χ3n) is 6.60. The molecule has 1 aliphatic carbocycles. The summed E-state index contributed by atoms with van der Waals surface area (Å²) in [7, 11) is 0. The van der Waals surface area contributed by atoms with E-state index < -0.39 is 0 Å². The van der Waals surface area contributed by atoms with Gasteiger partial charge in [0.1, 0.15) is 5.75 Å². The van der Waals surface area contributed by atoms with Gasteiger partial charge in [-0.3, -0.25) is 9.59 Å². The van der Waals surface area contributed by atoms with Gasteiger partial charge in [-0.25, -0.2) is 0 Å². The summed E-state index contributed by atoms with van der Waals surface area (Å²) in [5, 5.41) is 0. The molecule has 1 spiro atoms. The minimum Gasteiger partial charge on any atom is -0.484 e. The molecule has 5 nitrogen and oxygen atoms in total. The van der Waals surface area contributed by atoms with Gasteiger partial charge in [0.15, 0.2) is 6.61 Å². The van der Waals surface area contributed by atoms with Crippen LogP contribution in [0.2, 0.25) is 0 Å². The summed E-state index contributed by atoms with van der Waals surface area (Å²) >= 11 is 0. The number of carbonyl (C=O) groups excluding carboxylic acids is 2. The minimum atomic E-state index is -0.349. The van der Waals surface area contributed by atoms with Gasteiger partial charge in [0.05, 0.1) is 5.41 Å². The quantitative estimate of drug-likeness (QED) is 0.818. The molecular formula is C22H30N2O3. The van der Waals surface area contributed by atoms with Crippen LogP contribution in [0.4, 0.5) is 0 Å². The van der Waals surface area contributed by atoms with Crippen LogP contribution in [0.3, 0.4) is 0 Å². The van der Waals surface area contributed by atoms with E-state index in [0.29, 0.717) is 30.8 Å². The zero-order valence-electron chi connectivity index (χ0n) is 16.1. The van der Waals surface area contributed by atoms with E-state index in [2.05, 4.69) is 4.90 Å². The third-order valence-corrected chi connectivity index (χ3v) is 6.60. The van der Waals surface area contributed by atoms with E-state index >= 15 is 0 Å². The van der Waals surface area contributed by atoms with Crippen molar-refractivity contribution >= 4 is 11.8 Å². The van der Waals surface area contributed by atoms with Crippen molar-refractivity contribution < 1.29 is 14.3 Å². The zero-order valence-corrected chi connectivity index (χ0v) is 16.1. The van der Waals surface area contributed by atoms with Crippen molar-refractivity contribution in [1.29, 1.82) is 0 Å². The number of ether oxygens (including phenoxy) is 1. The molecule has 5 heteroatoms. The van der Waals surface area contributed by atoms with Gasteiger partial charge < -0.3 is 14.5 Å². The van der Waals surface area contributed by atoms with Crippen molar-refractivity contribution in [3.8, 4) is 5.75 Å². The van der Waals surface area contributed by atoms with Crippen molar-refractivity contribution in [3.63, 3.8) is 0 Å². The summed E-state index contributed by atoms with van der Waals surface area (Å²) in [5.74, 6) is 0.996. The SMILES string of the molecule is O=C(COc1ccccc1)N1CC[C@@]2(CCCN(C3CCCCC3)C2=O)C1. The lowest BCUT2D eigenvalue weighted by atomic mass is 9.77. The van der Waals surface area contributed by atoms with Gasteiger partial charge in [-0.05, 0) is 44.2 Å². The van der Waals surface area contributed by atoms with Crippen LogP contribution >= 0.6 is 0 Å². The van der Waals surface area contributed by atoms with Crippen LogP contribution in [-0.4, -0.2) is 53.9 Å². The van der Waals surface area contributed by atoms with E-state index in [1.807, 2.05) is 35.2 Å². The van der Waals surface area contributed by atoms with E-state index in [1.54, 1.807) is 0 Å². The van der Waals surface area contributed by atoms with Crippen LogP contribution in [0.5, 0.6) is 5.75 Å². The molecule has 2 heterocycles. The molecule has 1 atom stereocenters. The molecule has 2 saturated heterocycles. The highest BCUT2D eigenvalue weighted by molar-refractivity contribution is 5.86. The predicted octanol–water partition coefficient (Wildman–Crippen LogP) is 3.24. The minimum absolute atomic E-state index is 0.0154. The van der Waals surface area contributed by atoms with Crippen molar-refractivity contribution in [2.75, 3.05) is 26.2 Å². The number of piperidine rings is 1. The van der Waals surface area contributed by atoms with Gasteiger partial charge in [0, 0.05) is 25.7 Å². The molecule has 0 aromatic heterocycles. The van der Waals surface area contributed by atoms with Gasteiger partial charge in [-0.15, -0.1) is 0 Å². The predicted molar refractivity (Wildman–Crippen MR) is 103 cm³/mol. The van der Waals surface area contributed by atoms with Gasteiger partial charge >= 0.3 is 0 Å². The molecule has 4 rings (SSSR count). The fourth-order valence-electron chi connectivity index (χ4n) is 5.06. The smallest absolute Gasteiger partial charge is 0.260 e. The summed E-state index contributed by atoms with van der Waals surface area (Å²) in [6, 6.07) is 9.84. The van der Waals surface area contributed by atoms with Gasteiger partial charge in [-0.1, -0.05) is 37.5 Å². The molecule has 27 heavy (non-hydrogen) atoms. The second-order valence-corrected chi connectivity index (χ2v) is 8.34. The maximum Gasteiger partial charge on any atom is 0.260 e. The highest BCUT2D eigenvalue weighted by atomic mass is 16.5. The number of likely N-dealkylation sites (tertiary alicyclic amines) is 2. The lowest BCUT2D eigenvalue weighted by molar-refractivity contribution is -0.149. The summed E-state index contributed by atoms with van der Waals surface area (Å²) in [5.41, 5.74) is -0.349. The maximum absolute atomic E-state index is 13.4. The Morgan fingerprint density at radius 3 is 2.59 bits per heavy atom. The largest absolute Gasteiger partial charge is 0.484 e. The molecule has 2 amide bonds. The highest BCUT2D eigenvalue weighted by Gasteiger charge is 2.50. The highest BCUT2D eigenvalue weighted by Crippen LogP contribution is 2.42. The molecule has 1 saturated carbocycles. The number of amides is 2. The van der Waals surface area contributed by atoms with Crippen LogP contribution in [-0.2, 0) is 9.59 Å². The molecular weight excluding hydrogens is 340 g/mol. The number of hydrogen-bond donors (Lipinski definition) is 0. The Bertz CT molecular complexity index is 671. The number of nitrogens with zero attached hydrogens (tertiary/aromatic N) is 2. The van der Waals surface area contributed by atoms with Crippen LogP contribution < -0.4 is 4.74 Å². The van der Waals surface area contributed by atoms with E-state index in [9.17, 15) is 9.59 Å². The molecule has 0 radical (unpaired) electrons. The zero-order chi connectivity index (χ0) is 18.7. The van der Waals surface area contributed by atoms with Crippen LogP contribution in [0.15, 0.2) is 30.3 Å². The molecule has 146 valence electrons. The molecule has 3 fully saturated rings. The van der Waals surface area contributed by atoms with Crippen molar-refractivity contribution in [2.45, 2.75) is 57.4 Å². The van der Waals surface area contributed by atoms with Crippen molar-refractivity contribution in [2.24, 2.45) is 5.41 Å². The average molecular weight is 370 g/mol. The van der Waals surface area contributed by atoms with Crippen LogP contribution in [0, 0.1) is 5.41 Å². The standard InChI is InChI=1S/C22H30N2O3/c25-20(16-27-19-10-5-2-6-11-19)23-15-13-22(17-23)12-7-14-24(21(22)26)18-8-3-1-4-9-18/h2,5-6,10-11,18H,1,3-4,7-9,12-17H2/t22-/m0/s1. The van der Waals surface area contributed by atoms with Crippen molar-refractivity contribution in [1.82, 2.24) is 9.80 Å². The number of hydrogen-bond acceptors (Lipinski definition) is 3. The fraction of sp³-hybridized carbons (Fsp3) is 0.636. The monoisotopic (exact) mass is 370 g/mol. The van der Waals surface area contributed by atoms with Gasteiger partial charge in [0.25, 0.3) is 5.91 Å².